The highest BCUT2D eigenvalue weighted by atomic mass is 16.2. The lowest BCUT2D eigenvalue weighted by Gasteiger charge is -2.30. The molecule has 0 spiro atoms. The highest BCUT2D eigenvalue weighted by Crippen LogP contribution is 2.47. The number of carbonyl (C=O) groups excluding carboxylic acids is 1. The summed E-state index contributed by atoms with van der Waals surface area (Å²) in [5.41, 5.74) is 5.56. The quantitative estimate of drug-likeness (QED) is 0.764. The first-order chi connectivity index (χ1) is 7.10. The summed E-state index contributed by atoms with van der Waals surface area (Å²) in [4.78, 5) is 14.4. The van der Waals surface area contributed by atoms with E-state index in [1.165, 1.54) is 6.42 Å². The Bertz CT molecular complexity index is 258. The number of nitrogens with zero attached hydrogens (tertiary/aromatic N) is 1. The van der Waals surface area contributed by atoms with Crippen LogP contribution in [0.5, 0.6) is 0 Å². The fourth-order valence-electron chi connectivity index (χ4n) is 2.70. The smallest absolute Gasteiger partial charge is 0.230 e. The van der Waals surface area contributed by atoms with Gasteiger partial charge in [0.25, 0.3) is 0 Å². The van der Waals surface area contributed by atoms with Crippen LogP contribution in [-0.2, 0) is 4.79 Å². The number of amides is 1. The first-order valence-corrected chi connectivity index (χ1v) is 6.12. The molecule has 2 aliphatic rings. The fourth-order valence-corrected chi connectivity index (χ4v) is 2.70. The maximum atomic E-state index is 12.3. The minimum absolute atomic E-state index is 0.155. The maximum absolute atomic E-state index is 12.3. The van der Waals surface area contributed by atoms with Gasteiger partial charge in [0.1, 0.15) is 0 Å². The zero-order chi connectivity index (χ0) is 11.1. The van der Waals surface area contributed by atoms with Gasteiger partial charge in [-0.1, -0.05) is 13.8 Å². The molecule has 1 amide bonds. The van der Waals surface area contributed by atoms with Crippen molar-refractivity contribution in [1.82, 2.24) is 4.90 Å². The number of likely N-dealkylation sites (tertiary alicyclic amines) is 1. The van der Waals surface area contributed by atoms with Crippen LogP contribution in [0.15, 0.2) is 0 Å². The normalized spacial score (nSPS) is 28.5. The average molecular weight is 210 g/mol. The molecule has 1 aliphatic carbocycles. The van der Waals surface area contributed by atoms with Crippen molar-refractivity contribution in [1.29, 1.82) is 0 Å². The third-order valence-corrected chi connectivity index (χ3v) is 4.03. The summed E-state index contributed by atoms with van der Waals surface area (Å²) >= 11 is 0. The van der Waals surface area contributed by atoms with Crippen LogP contribution in [-0.4, -0.2) is 29.9 Å². The van der Waals surface area contributed by atoms with Crippen molar-refractivity contribution in [2.75, 3.05) is 13.1 Å². The number of rotatable bonds is 3. The molecular weight excluding hydrogens is 188 g/mol. The van der Waals surface area contributed by atoms with Gasteiger partial charge >= 0.3 is 0 Å². The highest BCUT2D eigenvalue weighted by Gasteiger charge is 2.52. The third kappa shape index (κ3) is 1.78. The molecule has 1 saturated heterocycles. The first kappa shape index (κ1) is 10.9. The zero-order valence-electron chi connectivity index (χ0n) is 9.83. The number of hydrogen-bond donors (Lipinski definition) is 1. The minimum atomic E-state index is -0.155. The van der Waals surface area contributed by atoms with Crippen LogP contribution in [0.1, 0.15) is 39.5 Å². The van der Waals surface area contributed by atoms with Crippen molar-refractivity contribution in [2.45, 2.75) is 45.6 Å². The lowest BCUT2D eigenvalue weighted by molar-refractivity contribution is -0.138. The fraction of sp³-hybridized carbons (Fsp3) is 0.917. The molecule has 3 heteroatoms. The van der Waals surface area contributed by atoms with Gasteiger partial charge in [0.2, 0.25) is 5.91 Å². The van der Waals surface area contributed by atoms with Gasteiger partial charge in [-0.3, -0.25) is 4.79 Å². The van der Waals surface area contributed by atoms with Crippen LogP contribution in [0.2, 0.25) is 0 Å². The Labute approximate surface area is 92.0 Å². The van der Waals surface area contributed by atoms with E-state index in [1.807, 2.05) is 0 Å². The molecule has 3 nitrogen and oxygen atoms in total. The zero-order valence-corrected chi connectivity index (χ0v) is 9.83. The molecule has 2 N–H and O–H groups in total. The second-order valence-corrected chi connectivity index (χ2v) is 5.44. The van der Waals surface area contributed by atoms with Crippen LogP contribution in [0.25, 0.3) is 0 Å². The summed E-state index contributed by atoms with van der Waals surface area (Å²) in [6, 6.07) is 0.460. The summed E-state index contributed by atoms with van der Waals surface area (Å²) in [5, 5.41) is 0. The van der Waals surface area contributed by atoms with E-state index in [0.717, 1.165) is 25.8 Å². The monoisotopic (exact) mass is 210 g/mol. The van der Waals surface area contributed by atoms with E-state index in [4.69, 9.17) is 5.73 Å². The van der Waals surface area contributed by atoms with Gasteiger partial charge in [-0.2, -0.15) is 0 Å². The van der Waals surface area contributed by atoms with E-state index in [-0.39, 0.29) is 5.41 Å². The van der Waals surface area contributed by atoms with Gasteiger partial charge < -0.3 is 10.6 Å². The molecule has 1 unspecified atom stereocenters. The van der Waals surface area contributed by atoms with Crippen molar-refractivity contribution >= 4 is 5.91 Å². The van der Waals surface area contributed by atoms with Crippen LogP contribution >= 0.6 is 0 Å². The van der Waals surface area contributed by atoms with Crippen LogP contribution < -0.4 is 5.73 Å². The van der Waals surface area contributed by atoms with Crippen molar-refractivity contribution in [2.24, 2.45) is 17.1 Å². The SMILES string of the molecule is CC(C)C1CCCN1C(=O)C1(CN)CC1. The van der Waals surface area contributed by atoms with Crippen molar-refractivity contribution in [3.05, 3.63) is 0 Å². The topological polar surface area (TPSA) is 46.3 Å². The third-order valence-electron chi connectivity index (χ3n) is 4.03. The molecule has 2 fully saturated rings. The molecule has 1 atom stereocenters. The molecular formula is C12H22N2O. The molecule has 1 heterocycles. The molecule has 1 saturated carbocycles. The molecule has 0 aromatic rings. The molecule has 0 radical (unpaired) electrons. The molecule has 2 rings (SSSR count). The van der Waals surface area contributed by atoms with E-state index >= 15 is 0 Å². The highest BCUT2D eigenvalue weighted by molar-refractivity contribution is 5.86. The second kappa shape index (κ2) is 3.78. The molecule has 0 aromatic heterocycles. The summed E-state index contributed by atoms with van der Waals surface area (Å²) in [7, 11) is 0. The lowest BCUT2D eigenvalue weighted by Crippen LogP contribution is -2.44. The predicted molar refractivity (Wildman–Crippen MR) is 60.3 cm³/mol. The van der Waals surface area contributed by atoms with E-state index < -0.39 is 0 Å². The van der Waals surface area contributed by atoms with Crippen LogP contribution in [0, 0.1) is 11.3 Å². The van der Waals surface area contributed by atoms with Crippen molar-refractivity contribution in [3.8, 4) is 0 Å². The van der Waals surface area contributed by atoms with E-state index in [2.05, 4.69) is 18.7 Å². The molecule has 0 bridgehead atoms. The Morgan fingerprint density at radius 3 is 2.67 bits per heavy atom. The van der Waals surface area contributed by atoms with Crippen molar-refractivity contribution < 1.29 is 4.79 Å². The van der Waals surface area contributed by atoms with Crippen LogP contribution in [0.3, 0.4) is 0 Å². The molecule has 86 valence electrons. The van der Waals surface area contributed by atoms with Gasteiger partial charge in [-0.05, 0) is 31.6 Å². The van der Waals surface area contributed by atoms with Gasteiger partial charge in [0, 0.05) is 19.1 Å². The average Bonchev–Trinajstić information content (AvgIpc) is 2.86. The summed E-state index contributed by atoms with van der Waals surface area (Å²) in [5.74, 6) is 0.909. The number of hydrogen-bond acceptors (Lipinski definition) is 2. The molecule has 15 heavy (non-hydrogen) atoms. The van der Waals surface area contributed by atoms with Gasteiger partial charge in [0.05, 0.1) is 5.41 Å². The Morgan fingerprint density at radius 1 is 1.53 bits per heavy atom. The lowest BCUT2D eigenvalue weighted by atomic mass is 9.99. The molecule has 1 aliphatic heterocycles. The Balaban J connectivity index is 2.06. The van der Waals surface area contributed by atoms with Crippen molar-refractivity contribution in [3.63, 3.8) is 0 Å². The van der Waals surface area contributed by atoms with Gasteiger partial charge in [-0.25, -0.2) is 0 Å². The summed E-state index contributed by atoms with van der Waals surface area (Å²) in [6.45, 7) is 5.90. The maximum Gasteiger partial charge on any atom is 0.230 e. The second-order valence-electron chi connectivity index (χ2n) is 5.44. The Kier molecular flexibility index (Phi) is 2.75. The standard InChI is InChI=1S/C12H22N2O/c1-9(2)10-4-3-7-14(10)11(15)12(8-13)5-6-12/h9-10H,3-8,13H2,1-2H3. The van der Waals surface area contributed by atoms with Gasteiger partial charge in [0.15, 0.2) is 0 Å². The Morgan fingerprint density at radius 2 is 2.20 bits per heavy atom. The summed E-state index contributed by atoms with van der Waals surface area (Å²) < 4.78 is 0. The number of carbonyl (C=O) groups is 1. The molecule has 0 aromatic carbocycles. The number of nitrogens with two attached hydrogens (primary N) is 1. The van der Waals surface area contributed by atoms with E-state index in [0.29, 0.717) is 24.4 Å². The van der Waals surface area contributed by atoms with E-state index in [1.54, 1.807) is 0 Å². The summed E-state index contributed by atoms with van der Waals surface area (Å²) in [6.07, 6.45) is 4.34. The van der Waals surface area contributed by atoms with Gasteiger partial charge in [-0.15, -0.1) is 0 Å². The Hall–Kier alpha value is -0.570. The minimum Gasteiger partial charge on any atom is -0.339 e. The largest absolute Gasteiger partial charge is 0.339 e. The van der Waals surface area contributed by atoms with E-state index in [9.17, 15) is 4.79 Å². The first-order valence-electron chi connectivity index (χ1n) is 6.12. The predicted octanol–water partition coefficient (Wildman–Crippen LogP) is 1.37. The van der Waals surface area contributed by atoms with Crippen LogP contribution in [0.4, 0.5) is 0 Å².